The van der Waals surface area contributed by atoms with Crippen molar-refractivity contribution >= 4 is 23.0 Å². The van der Waals surface area contributed by atoms with Gasteiger partial charge in [0.25, 0.3) is 5.91 Å². The van der Waals surface area contributed by atoms with E-state index in [1.807, 2.05) is 57.4 Å². The second-order valence-electron chi connectivity index (χ2n) is 6.82. The number of hydrogen-bond donors (Lipinski definition) is 2. The fraction of sp³-hybridized carbons (Fsp3) is 0.190. The molecule has 136 valence electrons. The lowest BCUT2D eigenvalue weighted by Crippen LogP contribution is -2.09. The Labute approximate surface area is 157 Å². The van der Waals surface area contributed by atoms with Gasteiger partial charge in [-0.25, -0.2) is 0 Å². The van der Waals surface area contributed by atoms with E-state index >= 15 is 0 Å². The number of benzene rings is 1. The molecule has 0 bridgehead atoms. The maximum Gasteiger partial charge on any atom is 0.258 e. The zero-order chi connectivity index (χ0) is 19.1. The predicted molar refractivity (Wildman–Crippen MR) is 107 cm³/mol. The molecule has 4 rings (SSSR count). The van der Waals surface area contributed by atoms with Gasteiger partial charge in [-0.05, 0) is 50.1 Å². The molecule has 3 heterocycles. The molecular formula is C21H21N5O. The van der Waals surface area contributed by atoms with E-state index in [0.29, 0.717) is 5.57 Å². The van der Waals surface area contributed by atoms with Crippen molar-refractivity contribution in [3.8, 4) is 11.1 Å². The van der Waals surface area contributed by atoms with E-state index in [1.165, 1.54) is 0 Å². The number of amides is 1. The highest BCUT2D eigenvalue weighted by Crippen LogP contribution is 2.37. The van der Waals surface area contributed by atoms with Crippen molar-refractivity contribution in [1.82, 2.24) is 14.8 Å². The van der Waals surface area contributed by atoms with Gasteiger partial charge in [0.05, 0.1) is 5.57 Å². The molecule has 0 saturated carbocycles. The average Bonchev–Trinajstić information content (AvgIpc) is 3.12. The van der Waals surface area contributed by atoms with Crippen LogP contribution in [0.4, 0.5) is 11.5 Å². The lowest BCUT2D eigenvalue weighted by Gasteiger charge is -2.09. The summed E-state index contributed by atoms with van der Waals surface area (Å²) in [6.07, 6.45) is 3.64. The molecule has 0 aliphatic carbocycles. The van der Waals surface area contributed by atoms with Gasteiger partial charge < -0.3 is 10.6 Å². The third-order valence-electron chi connectivity index (χ3n) is 4.92. The molecule has 2 N–H and O–H groups in total. The molecule has 1 aromatic carbocycles. The van der Waals surface area contributed by atoms with Crippen molar-refractivity contribution in [2.45, 2.75) is 20.8 Å². The van der Waals surface area contributed by atoms with Crippen LogP contribution in [-0.4, -0.2) is 20.7 Å². The highest BCUT2D eigenvalue weighted by molar-refractivity contribution is 6.32. The molecule has 1 aliphatic rings. The van der Waals surface area contributed by atoms with E-state index in [1.54, 1.807) is 10.9 Å². The molecule has 0 unspecified atom stereocenters. The molecule has 1 aliphatic heterocycles. The molecule has 0 radical (unpaired) electrons. The van der Waals surface area contributed by atoms with Crippen LogP contribution in [0.3, 0.4) is 0 Å². The van der Waals surface area contributed by atoms with Crippen LogP contribution in [0.1, 0.15) is 23.7 Å². The largest absolute Gasteiger partial charge is 0.342 e. The SMILES string of the molecule is C/C(Nc1cc(C)n(C)n1)=C1/C(=O)Nc2ccc(-c3cnccc3C)cc21. The van der Waals surface area contributed by atoms with Crippen LogP contribution in [-0.2, 0) is 11.8 Å². The smallest absolute Gasteiger partial charge is 0.258 e. The van der Waals surface area contributed by atoms with Crippen molar-refractivity contribution in [3.63, 3.8) is 0 Å². The van der Waals surface area contributed by atoms with E-state index in [2.05, 4.69) is 27.6 Å². The fourth-order valence-electron chi connectivity index (χ4n) is 3.35. The van der Waals surface area contributed by atoms with E-state index < -0.39 is 0 Å². The number of fused-ring (bicyclic) bond motifs is 1. The van der Waals surface area contributed by atoms with Crippen LogP contribution >= 0.6 is 0 Å². The fourth-order valence-corrected chi connectivity index (χ4v) is 3.35. The van der Waals surface area contributed by atoms with Gasteiger partial charge in [0.2, 0.25) is 0 Å². The van der Waals surface area contributed by atoms with Crippen molar-refractivity contribution < 1.29 is 4.79 Å². The summed E-state index contributed by atoms with van der Waals surface area (Å²) in [6.45, 7) is 5.94. The minimum absolute atomic E-state index is 0.109. The van der Waals surface area contributed by atoms with Gasteiger partial charge in [0, 0.05) is 53.7 Å². The summed E-state index contributed by atoms with van der Waals surface area (Å²) in [6, 6.07) is 9.94. The van der Waals surface area contributed by atoms with E-state index in [9.17, 15) is 4.79 Å². The monoisotopic (exact) mass is 359 g/mol. The maximum absolute atomic E-state index is 12.6. The summed E-state index contributed by atoms with van der Waals surface area (Å²) in [5.41, 5.74) is 7.39. The second-order valence-corrected chi connectivity index (χ2v) is 6.82. The van der Waals surface area contributed by atoms with Gasteiger partial charge in [-0.2, -0.15) is 5.10 Å². The Morgan fingerprint density at radius 1 is 1.15 bits per heavy atom. The normalized spacial score (nSPS) is 14.7. The Morgan fingerprint density at radius 3 is 2.67 bits per heavy atom. The Hall–Kier alpha value is -3.41. The van der Waals surface area contributed by atoms with Gasteiger partial charge in [0.15, 0.2) is 5.82 Å². The number of anilines is 2. The number of pyridine rings is 1. The molecule has 0 fully saturated rings. The summed E-state index contributed by atoms with van der Waals surface area (Å²) in [5, 5.41) is 10.6. The Balaban J connectivity index is 1.77. The molecule has 27 heavy (non-hydrogen) atoms. The molecule has 0 spiro atoms. The third kappa shape index (κ3) is 2.99. The highest BCUT2D eigenvalue weighted by Gasteiger charge is 2.27. The molecule has 6 heteroatoms. The van der Waals surface area contributed by atoms with Crippen LogP contribution in [0.5, 0.6) is 0 Å². The number of allylic oxidation sites excluding steroid dienone is 1. The zero-order valence-electron chi connectivity index (χ0n) is 15.8. The number of carbonyl (C=O) groups is 1. The lowest BCUT2D eigenvalue weighted by molar-refractivity contribution is -0.110. The third-order valence-corrected chi connectivity index (χ3v) is 4.92. The quantitative estimate of drug-likeness (QED) is 0.696. The number of rotatable bonds is 3. The Bertz CT molecular complexity index is 1070. The molecule has 3 aromatic rings. The van der Waals surface area contributed by atoms with Crippen LogP contribution in [0.2, 0.25) is 0 Å². The standard InChI is InChI=1S/C21H21N5O/c1-12-7-8-22-11-17(12)15-5-6-18-16(10-15)20(21(27)24-18)14(3)23-19-9-13(2)26(4)25-19/h5-11H,1-4H3,(H,23,25)(H,24,27)/b20-14-. The lowest BCUT2D eigenvalue weighted by atomic mass is 9.97. The first-order valence-corrected chi connectivity index (χ1v) is 8.79. The topological polar surface area (TPSA) is 71.8 Å². The van der Waals surface area contributed by atoms with Crippen LogP contribution in [0, 0.1) is 13.8 Å². The van der Waals surface area contributed by atoms with E-state index in [-0.39, 0.29) is 5.91 Å². The number of aromatic nitrogens is 3. The van der Waals surface area contributed by atoms with Crippen molar-refractivity contribution in [3.05, 3.63) is 65.2 Å². The number of aryl methyl sites for hydroxylation is 3. The van der Waals surface area contributed by atoms with Crippen molar-refractivity contribution in [1.29, 1.82) is 0 Å². The minimum atomic E-state index is -0.109. The molecule has 6 nitrogen and oxygen atoms in total. The molecule has 0 atom stereocenters. The number of nitrogens with zero attached hydrogens (tertiary/aromatic N) is 3. The molecule has 1 amide bonds. The number of nitrogens with one attached hydrogen (secondary N) is 2. The van der Waals surface area contributed by atoms with Crippen molar-refractivity contribution in [2.75, 3.05) is 10.6 Å². The highest BCUT2D eigenvalue weighted by atomic mass is 16.2. The average molecular weight is 359 g/mol. The van der Waals surface area contributed by atoms with E-state index in [0.717, 1.165) is 45.2 Å². The summed E-state index contributed by atoms with van der Waals surface area (Å²) in [5.74, 6) is 0.614. The van der Waals surface area contributed by atoms with Crippen LogP contribution < -0.4 is 10.6 Å². The first-order valence-electron chi connectivity index (χ1n) is 8.79. The van der Waals surface area contributed by atoms with Gasteiger partial charge in [-0.1, -0.05) is 6.07 Å². The Kier molecular flexibility index (Phi) is 4.03. The number of hydrogen-bond acceptors (Lipinski definition) is 4. The summed E-state index contributed by atoms with van der Waals surface area (Å²) < 4.78 is 1.80. The first kappa shape index (κ1) is 17.0. The van der Waals surface area contributed by atoms with Gasteiger partial charge in [0.1, 0.15) is 0 Å². The molecule has 2 aromatic heterocycles. The van der Waals surface area contributed by atoms with E-state index in [4.69, 9.17) is 0 Å². The zero-order valence-corrected chi connectivity index (χ0v) is 15.8. The molecular weight excluding hydrogens is 338 g/mol. The van der Waals surface area contributed by atoms with Gasteiger partial charge in [-0.3, -0.25) is 14.5 Å². The maximum atomic E-state index is 12.6. The molecule has 0 saturated heterocycles. The Morgan fingerprint density at radius 2 is 1.96 bits per heavy atom. The summed E-state index contributed by atoms with van der Waals surface area (Å²) in [7, 11) is 1.89. The van der Waals surface area contributed by atoms with Gasteiger partial charge in [-0.15, -0.1) is 0 Å². The van der Waals surface area contributed by atoms with Gasteiger partial charge >= 0.3 is 0 Å². The summed E-state index contributed by atoms with van der Waals surface area (Å²) >= 11 is 0. The minimum Gasteiger partial charge on any atom is -0.342 e. The van der Waals surface area contributed by atoms with Crippen LogP contribution in [0.15, 0.2) is 48.4 Å². The van der Waals surface area contributed by atoms with Crippen molar-refractivity contribution in [2.24, 2.45) is 7.05 Å². The second kappa shape index (κ2) is 6.39. The summed E-state index contributed by atoms with van der Waals surface area (Å²) in [4.78, 5) is 16.8. The first-order chi connectivity index (χ1) is 12.9. The number of carbonyl (C=O) groups excluding carboxylic acids is 1. The predicted octanol–water partition coefficient (Wildman–Crippen LogP) is 3.89. The van der Waals surface area contributed by atoms with Crippen LogP contribution in [0.25, 0.3) is 16.7 Å².